The summed E-state index contributed by atoms with van der Waals surface area (Å²) in [5, 5.41) is 21.4. The Labute approximate surface area is 238 Å². The van der Waals surface area contributed by atoms with Gasteiger partial charge < -0.3 is 19.6 Å². The third-order valence-corrected chi connectivity index (χ3v) is 9.07. The van der Waals surface area contributed by atoms with Crippen LogP contribution in [0.1, 0.15) is 46.3 Å². The molecule has 1 N–H and O–H groups in total. The lowest BCUT2D eigenvalue weighted by molar-refractivity contribution is -0.144. The molecule has 1 aromatic heterocycles. The highest BCUT2D eigenvalue weighted by atomic mass is 32.1. The molecule has 1 aliphatic heterocycles. The number of aryl methyl sites for hydroxylation is 2. The fourth-order valence-electron chi connectivity index (χ4n) is 5.97. The van der Waals surface area contributed by atoms with E-state index in [0.717, 1.165) is 64.8 Å². The molecular weight excluding hydrogens is 524 g/mol. The highest BCUT2D eigenvalue weighted by Gasteiger charge is 2.46. The van der Waals surface area contributed by atoms with Gasteiger partial charge in [-0.3, -0.25) is 9.59 Å². The number of fused-ring (bicyclic) bond motifs is 2. The van der Waals surface area contributed by atoms with Gasteiger partial charge in [0.1, 0.15) is 12.4 Å². The number of ether oxygens (including phenoxy) is 1. The summed E-state index contributed by atoms with van der Waals surface area (Å²) in [6.07, 6.45) is 2.24. The zero-order valence-electron chi connectivity index (χ0n) is 23.1. The van der Waals surface area contributed by atoms with Crippen LogP contribution in [-0.2, 0) is 11.4 Å². The highest BCUT2D eigenvalue weighted by molar-refractivity contribution is 7.14. The van der Waals surface area contributed by atoms with Crippen molar-refractivity contribution in [3.63, 3.8) is 0 Å². The Bertz CT molecular complexity index is 1450. The van der Waals surface area contributed by atoms with Crippen LogP contribution in [0.15, 0.2) is 41.8 Å². The maximum absolute atomic E-state index is 12.7. The molecule has 1 saturated heterocycles. The lowest BCUT2D eigenvalue weighted by Crippen LogP contribution is -2.44. The Morgan fingerprint density at radius 1 is 1.18 bits per heavy atom. The molecule has 2 aromatic carbocycles. The number of carbonyl (C=O) groups excluding carboxylic acids is 1. The van der Waals surface area contributed by atoms with E-state index in [1.807, 2.05) is 38.1 Å². The smallest absolute Gasteiger partial charge is 0.307 e. The van der Waals surface area contributed by atoms with Gasteiger partial charge in [-0.15, -0.1) is 11.3 Å². The maximum Gasteiger partial charge on any atom is 0.307 e. The lowest BCUT2D eigenvalue weighted by atomic mass is 9.85. The first-order chi connectivity index (χ1) is 19.2. The summed E-state index contributed by atoms with van der Waals surface area (Å²) >= 11 is 1.59. The van der Waals surface area contributed by atoms with Crippen molar-refractivity contribution in [2.24, 2.45) is 17.8 Å². The number of aliphatic carboxylic acids is 1. The molecule has 2 fully saturated rings. The van der Waals surface area contributed by atoms with Gasteiger partial charge in [0.15, 0.2) is 5.13 Å². The van der Waals surface area contributed by atoms with E-state index in [0.29, 0.717) is 25.1 Å². The fraction of sp³-hybridized carbons (Fsp3) is 0.419. The van der Waals surface area contributed by atoms with Crippen LogP contribution in [0.25, 0.3) is 11.3 Å². The van der Waals surface area contributed by atoms with Gasteiger partial charge in [0, 0.05) is 43.2 Å². The molecule has 0 unspecified atom stereocenters. The van der Waals surface area contributed by atoms with E-state index in [1.54, 1.807) is 29.4 Å². The van der Waals surface area contributed by atoms with Crippen molar-refractivity contribution in [1.82, 2.24) is 9.88 Å². The van der Waals surface area contributed by atoms with E-state index >= 15 is 0 Å². The van der Waals surface area contributed by atoms with Crippen molar-refractivity contribution in [2.45, 2.75) is 39.7 Å². The molecule has 0 spiro atoms. The molecule has 8 nitrogen and oxygen atoms in total. The topological polar surface area (TPSA) is 107 Å². The van der Waals surface area contributed by atoms with Gasteiger partial charge in [0.05, 0.1) is 24.1 Å². The summed E-state index contributed by atoms with van der Waals surface area (Å²) < 4.78 is 6.31. The van der Waals surface area contributed by atoms with Crippen molar-refractivity contribution in [3.05, 3.63) is 64.0 Å². The van der Waals surface area contributed by atoms with Gasteiger partial charge in [-0.25, -0.2) is 4.98 Å². The summed E-state index contributed by atoms with van der Waals surface area (Å²) in [5.74, 6) is 0.114. The molecule has 3 aromatic rings. The van der Waals surface area contributed by atoms with Crippen molar-refractivity contribution >= 4 is 28.3 Å². The number of thiazole rings is 1. The van der Waals surface area contributed by atoms with Crippen molar-refractivity contribution in [2.75, 3.05) is 31.6 Å². The standard InChI is InChI=1S/C31H34N4O4S/c1-19-5-10-27(39-17-24-9-6-21(14-20(24)2)29(36)34(3)12-4-11-32)25(13-19)26-18-40-31(33-26)35-15-22-7-8-23(16-35)28(22)30(37)38/h5-6,9-10,13-14,18,22-23,28H,4,7-8,12,15-17H2,1-3H3,(H,37,38)/t22-,23+,28+. The number of hydrogen-bond donors (Lipinski definition) is 1. The number of anilines is 1. The number of benzene rings is 2. The number of rotatable bonds is 9. The van der Waals surface area contributed by atoms with Crippen LogP contribution in [-0.4, -0.2) is 53.5 Å². The number of nitriles is 1. The number of carbonyl (C=O) groups is 2. The summed E-state index contributed by atoms with van der Waals surface area (Å²) in [5.41, 5.74) is 5.42. The summed E-state index contributed by atoms with van der Waals surface area (Å²) in [6, 6.07) is 13.7. The van der Waals surface area contributed by atoms with E-state index in [9.17, 15) is 14.7 Å². The van der Waals surface area contributed by atoms with Crippen LogP contribution in [0.3, 0.4) is 0 Å². The number of carboxylic acids is 1. The second kappa shape index (κ2) is 11.7. The third-order valence-electron chi connectivity index (χ3n) is 8.17. The van der Waals surface area contributed by atoms with E-state index in [2.05, 4.69) is 22.4 Å². The SMILES string of the molecule is Cc1ccc(OCc2ccc(C(=O)N(C)CCC#N)cc2C)c(-c2csc(N3C[C@H]4CC[C@@H](C3)[C@H]4C(=O)O)n2)c1. The third kappa shape index (κ3) is 5.68. The fourth-order valence-corrected chi connectivity index (χ4v) is 6.82. The van der Waals surface area contributed by atoms with Crippen LogP contribution in [0.5, 0.6) is 5.75 Å². The molecule has 2 bridgehead atoms. The molecule has 2 aliphatic rings. The Morgan fingerprint density at radius 3 is 2.60 bits per heavy atom. The number of nitrogens with zero attached hydrogens (tertiary/aromatic N) is 4. The number of piperidine rings is 1. The van der Waals surface area contributed by atoms with Crippen molar-refractivity contribution in [1.29, 1.82) is 5.26 Å². The normalized spacial score (nSPS) is 19.8. The molecule has 9 heteroatoms. The average Bonchev–Trinajstić information content (AvgIpc) is 3.54. The molecule has 5 rings (SSSR count). The Hall–Kier alpha value is -3.90. The van der Waals surface area contributed by atoms with Crippen LogP contribution < -0.4 is 9.64 Å². The first kappa shape index (κ1) is 27.7. The Morgan fingerprint density at radius 2 is 1.93 bits per heavy atom. The lowest BCUT2D eigenvalue weighted by Gasteiger charge is -2.35. The van der Waals surface area contributed by atoms with Crippen molar-refractivity contribution in [3.8, 4) is 23.1 Å². The first-order valence-corrected chi connectivity index (χ1v) is 14.5. The summed E-state index contributed by atoms with van der Waals surface area (Å²) in [6.45, 7) is 6.24. The number of aromatic nitrogens is 1. The van der Waals surface area contributed by atoms with Gasteiger partial charge in [-0.2, -0.15) is 5.26 Å². The minimum absolute atomic E-state index is 0.105. The van der Waals surface area contributed by atoms with E-state index < -0.39 is 5.97 Å². The van der Waals surface area contributed by atoms with Gasteiger partial charge in [0.25, 0.3) is 5.91 Å². The number of carboxylic acid groups (broad SMARTS) is 1. The molecular formula is C31H34N4O4S. The zero-order valence-corrected chi connectivity index (χ0v) is 23.9. The van der Waals surface area contributed by atoms with E-state index in [-0.39, 0.29) is 23.7 Å². The summed E-state index contributed by atoms with van der Waals surface area (Å²) in [7, 11) is 1.71. The molecule has 208 valence electrons. The molecule has 1 saturated carbocycles. The Balaban J connectivity index is 1.30. The van der Waals surface area contributed by atoms with E-state index in [1.165, 1.54) is 0 Å². The number of hydrogen-bond acceptors (Lipinski definition) is 7. The van der Waals surface area contributed by atoms with Crippen LogP contribution in [0.4, 0.5) is 5.13 Å². The maximum atomic E-state index is 12.7. The van der Waals surface area contributed by atoms with Crippen LogP contribution in [0, 0.1) is 42.9 Å². The molecule has 3 atom stereocenters. The number of amides is 1. The van der Waals surface area contributed by atoms with Gasteiger partial charge in [-0.05, 0) is 73.9 Å². The molecule has 0 radical (unpaired) electrons. The predicted octanol–water partition coefficient (Wildman–Crippen LogP) is 5.54. The van der Waals surface area contributed by atoms with Crippen LogP contribution >= 0.6 is 11.3 Å². The molecule has 1 aliphatic carbocycles. The van der Waals surface area contributed by atoms with Gasteiger partial charge in [-0.1, -0.05) is 17.7 Å². The minimum Gasteiger partial charge on any atom is -0.488 e. The highest BCUT2D eigenvalue weighted by Crippen LogP contribution is 2.44. The molecule has 40 heavy (non-hydrogen) atoms. The zero-order chi connectivity index (χ0) is 28.4. The summed E-state index contributed by atoms with van der Waals surface area (Å²) in [4.78, 5) is 33.2. The quantitative estimate of drug-likeness (QED) is 0.368. The molecule has 2 heterocycles. The average molecular weight is 559 g/mol. The van der Waals surface area contributed by atoms with Gasteiger partial charge >= 0.3 is 5.97 Å². The van der Waals surface area contributed by atoms with Crippen molar-refractivity contribution < 1.29 is 19.4 Å². The Kier molecular flexibility index (Phi) is 8.08. The second-order valence-corrected chi connectivity index (χ2v) is 11.8. The van der Waals surface area contributed by atoms with Gasteiger partial charge in [0.2, 0.25) is 0 Å². The van der Waals surface area contributed by atoms with E-state index in [4.69, 9.17) is 15.0 Å². The molecule has 1 amide bonds. The van der Waals surface area contributed by atoms with Crippen LogP contribution in [0.2, 0.25) is 0 Å². The second-order valence-electron chi connectivity index (χ2n) is 10.9. The largest absolute Gasteiger partial charge is 0.488 e. The monoisotopic (exact) mass is 558 g/mol. The predicted molar refractivity (Wildman–Crippen MR) is 155 cm³/mol. The minimum atomic E-state index is -0.659. The first-order valence-electron chi connectivity index (χ1n) is 13.6.